The predicted octanol–water partition coefficient (Wildman–Crippen LogP) is 4.52. The summed E-state index contributed by atoms with van der Waals surface area (Å²) in [6.45, 7) is 12.1. The fraction of sp³-hybridized carbons (Fsp3) is 0.500. The van der Waals surface area contributed by atoms with Crippen LogP contribution in [0.4, 0.5) is 5.82 Å². The quantitative estimate of drug-likeness (QED) is 0.454. The summed E-state index contributed by atoms with van der Waals surface area (Å²) in [4.78, 5) is 15.9. The summed E-state index contributed by atoms with van der Waals surface area (Å²) in [5.74, 6) is 4.03. The molecule has 0 aliphatic carbocycles. The number of piperidine rings is 1. The summed E-state index contributed by atoms with van der Waals surface area (Å²) in [6.07, 6.45) is 1.27. The third-order valence-electron chi connectivity index (χ3n) is 7.46. The Bertz CT molecular complexity index is 1160. The molecule has 3 heterocycles. The van der Waals surface area contributed by atoms with Gasteiger partial charge in [0.15, 0.2) is 4.90 Å². The maximum atomic E-state index is 13.1. The van der Waals surface area contributed by atoms with Crippen molar-refractivity contribution >= 4 is 28.1 Å². The van der Waals surface area contributed by atoms with Crippen molar-refractivity contribution in [3.8, 4) is 5.75 Å². The predicted molar refractivity (Wildman–Crippen MR) is 146 cm³/mol. The second-order valence-electron chi connectivity index (χ2n) is 10.3. The van der Waals surface area contributed by atoms with E-state index in [1.54, 1.807) is 7.11 Å². The van der Waals surface area contributed by atoms with Gasteiger partial charge in [0.1, 0.15) is 17.4 Å². The molecule has 5 rings (SSSR count). The van der Waals surface area contributed by atoms with Crippen LogP contribution < -0.4 is 9.64 Å². The van der Waals surface area contributed by atoms with Crippen LogP contribution in [0, 0.1) is 11.8 Å². The van der Waals surface area contributed by atoms with Crippen molar-refractivity contribution in [3.63, 3.8) is 0 Å². The monoisotopic (exact) mass is 507 g/mol. The minimum Gasteiger partial charge on any atom is -0.593 e. The number of hydrogen-bond acceptors (Lipinski definition) is 7. The van der Waals surface area contributed by atoms with Crippen LogP contribution >= 0.6 is 0 Å². The normalized spacial score (nSPS) is 23.5. The summed E-state index contributed by atoms with van der Waals surface area (Å²) in [7, 11) is 1.64. The lowest BCUT2D eigenvalue weighted by atomic mass is 9.92. The molecule has 4 atom stereocenters. The van der Waals surface area contributed by atoms with E-state index in [9.17, 15) is 4.55 Å². The Morgan fingerprint density at radius 1 is 0.944 bits per heavy atom. The van der Waals surface area contributed by atoms with Gasteiger partial charge >= 0.3 is 0 Å². The molecule has 7 nitrogen and oxygen atoms in total. The highest BCUT2D eigenvalue weighted by molar-refractivity contribution is 7.89. The molecule has 0 amide bonds. The van der Waals surface area contributed by atoms with Gasteiger partial charge in [-0.25, -0.2) is 9.97 Å². The van der Waals surface area contributed by atoms with Crippen LogP contribution in [0.25, 0.3) is 10.9 Å². The Morgan fingerprint density at radius 2 is 1.61 bits per heavy atom. The van der Waals surface area contributed by atoms with Crippen LogP contribution in [0.1, 0.15) is 39.1 Å². The molecule has 4 unspecified atom stereocenters. The standard InChI is InChI=1S/C28H37N5O2S/c1-20-17-21(2)19-32(18-20)28-25-7-5-6-8-26(25)29-27(30-28)22(3)31-13-15-33(16-14-31)36(34)24-11-9-23(35-4)10-12-24/h5-12,20-22H,13-19H2,1-4H3. The van der Waals surface area contributed by atoms with E-state index in [2.05, 4.69) is 54.8 Å². The van der Waals surface area contributed by atoms with E-state index in [1.807, 2.05) is 28.6 Å². The van der Waals surface area contributed by atoms with E-state index in [0.717, 1.165) is 72.5 Å². The molecular formula is C28H37N5O2S. The Labute approximate surface area is 217 Å². The van der Waals surface area contributed by atoms with Crippen LogP contribution in [-0.2, 0) is 11.4 Å². The molecule has 2 aliphatic heterocycles. The van der Waals surface area contributed by atoms with Crippen molar-refractivity contribution in [2.45, 2.75) is 38.1 Å². The lowest BCUT2D eigenvalue weighted by molar-refractivity contribution is 0.141. The Morgan fingerprint density at radius 3 is 2.28 bits per heavy atom. The first-order valence-electron chi connectivity index (χ1n) is 13.0. The third kappa shape index (κ3) is 5.32. The molecule has 8 heteroatoms. The van der Waals surface area contributed by atoms with Crippen molar-refractivity contribution in [1.29, 1.82) is 0 Å². The number of benzene rings is 2. The number of piperazine rings is 1. The Hall–Kier alpha value is -2.39. The highest BCUT2D eigenvalue weighted by atomic mass is 32.2. The van der Waals surface area contributed by atoms with Gasteiger partial charge in [0.2, 0.25) is 0 Å². The molecule has 2 aliphatic rings. The van der Waals surface area contributed by atoms with Gasteiger partial charge in [-0.05, 0) is 61.6 Å². The van der Waals surface area contributed by atoms with Crippen molar-refractivity contribution in [2.75, 3.05) is 51.3 Å². The molecule has 0 saturated carbocycles. The van der Waals surface area contributed by atoms with Crippen molar-refractivity contribution in [2.24, 2.45) is 11.8 Å². The zero-order chi connectivity index (χ0) is 25.2. The second-order valence-corrected chi connectivity index (χ2v) is 11.8. The van der Waals surface area contributed by atoms with Gasteiger partial charge in [0.25, 0.3) is 0 Å². The molecule has 0 spiro atoms. The average Bonchev–Trinajstić information content (AvgIpc) is 2.91. The number of aromatic nitrogens is 2. The third-order valence-corrected chi connectivity index (χ3v) is 8.97. The molecule has 2 saturated heterocycles. The molecule has 0 radical (unpaired) electrons. The molecule has 36 heavy (non-hydrogen) atoms. The van der Waals surface area contributed by atoms with E-state index < -0.39 is 11.4 Å². The SMILES string of the molecule is COc1ccc([S+]([O-])N2CCN(C(C)c3nc(N4CC(C)CC(C)C4)c4ccccc4n3)CC2)cc1. The van der Waals surface area contributed by atoms with Gasteiger partial charge in [0.05, 0.1) is 43.1 Å². The fourth-order valence-corrected chi connectivity index (χ4v) is 6.76. The number of nitrogens with zero attached hydrogens (tertiary/aromatic N) is 5. The van der Waals surface area contributed by atoms with Gasteiger partial charge in [-0.2, -0.15) is 0 Å². The van der Waals surface area contributed by atoms with Crippen LogP contribution in [0.3, 0.4) is 0 Å². The van der Waals surface area contributed by atoms with Gasteiger partial charge in [0, 0.05) is 31.6 Å². The highest BCUT2D eigenvalue weighted by Gasteiger charge is 2.31. The lowest BCUT2D eigenvalue weighted by Gasteiger charge is -2.38. The van der Waals surface area contributed by atoms with Crippen LogP contribution in [0.2, 0.25) is 0 Å². The summed E-state index contributed by atoms with van der Waals surface area (Å²) in [5, 5.41) is 1.13. The smallest absolute Gasteiger partial charge is 0.174 e. The zero-order valence-electron chi connectivity index (χ0n) is 21.8. The molecular weight excluding hydrogens is 470 g/mol. The summed E-state index contributed by atoms with van der Waals surface area (Å²) in [5.41, 5.74) is 1.01. The Kier molecular flexibility index (Phi) is 7.67. The number of ether oxygens (including phenoxy) is 1. The molecule has 2 aromatic carbocycles. The van der Waals surface area contributed by atoms with Crippen LogP contribution in [-0.4, -0.2) is 70.1 Å². The number of fused-ring (bicyclic) bond motifs is 1. The van der Waals surface area contributed by atoms with Crippen LogP contribution in [0.5, 0.6) is 5.75 Å². The molecule has 2 fully saturated rings. The van der Waals surface area contributed by atoms with Crippen LogP contribution in [0.15, 0.2) is 53.4 Å². The molecule has 192 valence electrons. The van der Waals surface area contributed by atoms with Crippen molar-refractivity contribution in [3.05, 3.63) is 54.4 Å². The number of rotatable bonds is 6. The van der Waals surface area contributed by atoms with E-state index in [1.165, 1.54) is 6.42 Å². The van der Waals surface area contributed by atoms with Crippen molar-refractivity contribution in [1.82, 2.24) is 19.2 Å². The summed E-state index contributed by atoms with van der Waals surface area (Å²) < 4.78 is 20.4. The van der Waals surface area contributed by atoms with E-state index in [0.29, 0.717) is 11.8 Å². The van der Waals surface area contributed by atoms with E-state index >= 15 is 0 Å². The maximum Gasteiger partial charge on any atom is 0.174 e. The first-order chi connectivity index (χ1) is 17.4. The number of para-hydroxylation sites is 1. The van der Waals surface area contributed by atoms with Gasteiger partial charge in [-0.1, -0.05) is 26.0 Å². The maximum absolute atomic E-state index is 13.1. The summed E-state index contributed by atoms with van der Waals surface area (Å²) in [6, 6.07) is 16.0. The molecule has 0 bridgehead atoms. The van der Waals surface area contributed by atoms with Gasteiger partial charge in [-0.15, -0.1) is 4.31 Å². The summed E-state index contributed by atoms with van der Waals surface area (Å²) >= 11 is -1.17. The van der Waals surface area contributed by atoms with Crippen molar-refractivity contribution < 1.29 is 9.29 Å². The molecule has 1 aromatic heterocycles. The number of methoxy groups -OCH3 is 1. The van der Waals surface area contributed by atoms with Gasteiger partial charge in [-0.3, -0.25) is 4.90 Å². The largest absolute Gasteiger partial charge is 0.593 e. The first kappa shape index (κ1) is 25.3. The minimum atomic E-state index is -1.17. The number of hydrogen-bond donors (Lipinski definition) is 0. The van der Waals surface area contributed by atoms with Gasteiger partial charge < -0.3 is 14.2 Å². The average molecular weight is 508 g/mol. The first-order valence-corrected chi connectivity index (χ1v) is 14.1. The molecule has 0 N–H and O–H groups in total. The zero-order valence-corrected chi connectivity index (χ0v) is 22.6. The Balaban J connectivity index is 1.32. The van der Waals surface area contributed by atoms with E-state index in [-0.39, 0.29) is 6.04 Å². The second kappa shape index (κ2) is 10.9. The number of anilines is 1. The fourth-order valence-electron chi connectivity index (χ4n) is 5.60. The van der Waals surface area contributed by atoms with E-state index in [4.69, 9.17) is 14.7 Å². The highest BCUT2D eigenvalue weighted by Crippen LogP contribution is 2.32. The topological polar surface area (TPSA) is 67.8 Å². The minimum absolute atomic E-state index is 0.0876. The molecule has 3 aromatic rings. The lowest BCUT2D eigenvalue weighted by Crippen LogP contribution is -2.49.